The number of thiol groups is 1. The van der Waals surface area contributed by atoms with E-state index in [9.17, 15) is 24.3 Å². The third kappa shape index (κ3) is 8.74. The number of carbonyl (C=O) groups excluding carboxylic acids is 3. The molecule has 4 atom stereocenters. The van der Waals surface area contributed by atoms with Crippen LogP contribution in [-0.4, -0.2) is 82.4 Å². The summed E-state index contributed by atoms with van der Waals surface area (Å²) < 4.78 is 0. The maximum atomic E-state index is 12.1. The van der Waals surface area contributed by atoms with Crippen molar-refractivity contribution in [2.45, 2.75) is 37.5 Å². The Balaban J connectivity index is 4.66. The molecule has 4 unspecified atom stereocenters. The zero-order valence-electron chi connectivity index (χ0n) is 14.6. The van der Waals surface area contributed by atoms with Crippen LogP contribution in [0.5, 0.6) is 0 Å². The number of nitrogens with one attached hydrogen (secondary N) is 3. The minimum Gasteiger partial charge on any atom is -0.480 e. The summed E-state index contributed by atoms with van der Waals surface area (Å²) in [6, 6.07) is -4.39. The van der Waals surface area contributed by atoms with Crippen LogP contribution >= 0.6 is 24.4 Å². The summed E-state index contributed by atoms with van der Waals surface area (Å²) >= 11 is 5.34. The van der Waals surface area contributed by atoms with E-state index in [1.165, 1.54) is 18.7 Å². The molecule has 12 heteroatoms. The van der Waals surface area contributed by atoms with Gasteiger partial charge in [-0.3, -0.25) is 14.4 Å². The van der Waals surface area contributed by atoms with Gasteiger partial charge in [0, 0.05) is 5.75 Å². The van der Waals surface area contributed by atoms with Gasteiger partial charge in [0.05, 0.1) is 12.6 Å². The summed E-state index contributed by atoms with van der Waals surface area (Å²) in [6.07, 6.45) is 2.33. The SMILES string of the molecule is CSCCC(N)C(=O)NC(C)C(=O)NC(CO)C(=O)NC(CS)C(=O)O. The van der Waals surface area contributed by atoms with Crippen LogP contribution in [-0.2, 0) is 19.2 Å². The monoisotopic (exact) mass is 410 g/mol. The lowest BCUT2D eigenvalue weighted by molar-refractivity contribution is -0.141. The van der Waals surface area contributed by atoms with Crippen LogP contribution < -0.4 is 21.7 Å². The maximum Gasteiger partial charge on any atom is 0.327 e. The van der Waals surface area contributed by atoms with Crippen molar-refractivity contribution in [2.24, 2.45) is 5.73 Å². The van der Waals surface area contributed by atoms with Gasteiger partial charge in [0.25, 0.3) is 0 Å². The predicted molar refractivity (Wildman–Crippen MR) is 101 cm³/mol. The molecule has 0 aromatic carbocycles. The molecule has 0 radical (unpaired) electrons. The Kier molecular flexibility index (Phi) is 12.1. The predicted octanol–water partition coefficient (Wildman–Crippen LogP) is -2.45. The summed E-state index contributed by atoms with van der Waals surface area (Å²) in [6.45, 7) is 0.652. The van der Waals surface area contributed by atoms with Gasteiger partial charge < -0.3 is 31.9 Å². The minimum absolute atomic E-state index is 0.159. The first-order valence-corrected chi connectivity index (χ1v) is 9.80. The third-order valence-corrected chi connectivity index (χ3v) is 4.34. The highest BCUT2D eigenvalue weighted by molar-refractivity contribution is 7.98. The number of aliphatic hydroxyl groups is 1. The fourth-order valence-electron chi connectivity index (χ4n) is 1.71. The van der Waals surface area contributed by atoms with Gasteiger partial charge in [0.15, 0.2) is 0 Å². The first-order valence-electron chi connectivity index (χ1n) is 7.78. The Bertz CT molecular complexity index is 508. The van der Waals surface area contributed by atoms with Crippen molar-refractivity contribution in [1.29, 1.82) is 0 Å². The Morgan fingerprint density at radius 1 is 1.08 bits per heavy atom. The van der Waals surface area contributed by atoms with E-state index in [0.717, 1.165) is 0 Å². The highest BCUT2D eigenvalue weighted by Crippen LogP contribution is 1.99. The van der Waals surface area contributed by atoms with E-state index in [1.54, 1.807) is 0 Å². The van der Waals surface area contributed by atoms with Crippen LogP contribution in [0.15, 0.2) is 0 Å². The molecule has 0 saturated carbocycles. The molecule has 0 aliphatic carbocycles. The molecular weight excluding hydrogens is 384 g/mol. The second-order valence-electron chi connectivity index (χ2n) is 5.44. The molecule has 0 aliphatic heterocycles. The quantitative estimate of drug-likeness (QED) is 0.174. The number of carboxylic acid groups (broad SMARTS) is 1. The van der Waals surface area contributed by atoms with Gasteiger partial charge in [-0.15, -0.1) is 0 Å². The molecule has 0 aromatic rings. The van der Waals surface area contributed by atoms with E-state index >= 15 is 0 Å². The third-order valence-electron chi connectivity index (χ3n) is 3.33. The van der Waals surface area contributed by atoms with Crippen molar-refractivity contribution < 1.29 is 29.4 Å². The van der Waals surface area contributed by atoms with Crippen LogP contribution in [0.25, 0.3) is 0 Å². The molecule has 10 nitrogen and oxygen atoms in total. The topological polar surface area (TPSA) is 171 Å². The van der Waals surface area contributed by atoms with Crippen LogP contribution in [0.3, 0.4) is 0 Å². The first kappa shape index (κ1) is 24.5. The highest BCUT2D eigenvalue weighted by Gasteiger charge is 2.27. The van der Waals surface area contributed by atoms with Crippen LogP contribution in [0, 0.1) is 0 Å². The van der Waals surface area contributed by atoms with Crippen molar-refractivity contribution in [1.82, 2.24) is 16.0 Å². The first-order chi connectivity index (χ1) is 12.2. The number of amides is 3. The van der Waals surface area contributed by atoms with Crippen molar-refractivity contribution in [3.63, 3.8) is 0 Å². The van der Waals surface area contributed by atoms with E-state index in [2.05, 4.69) is 28.6 Å². The molecule has 0 aliphatic rings. The number of aliphatic hydroxyl groups excluding tert-OH is 1. The number of carbonyl (C=O) groups is 4. The van der Waals surface area contributed by atoms with Crippen LogP contribution in [0.1, 0.15) is 13.3 Å². The molecular formula is C14H26N4O6S2. The molecule has 7 N–H and O–H groups in total. The molecule has 0 aromatic heterocycles. The standard InChI is InChI=1S/C14H26N4O6S2/c1-7(16-12(21)8(15)3-4-26-2)11(20)17-9(5-19)13(22)18-10(6-25)14(23)24/h7-10,19,25H,3-6,15H2,1-2H3,(H,16,21)(H,17,20)(H,18,22)(H,23,24). The van der Waals surface area contributed by atoms with Gasteiger partial charge in [0.2, 0.25) is 17.7 Å². The second kappa shape index (κ2) is 12.8. The van der Waals surface area contributed by atoms with Crippen molar-refractivity contribution in [3.8, 4) is 0 Å². The molecule has 0 heterocycles. The summed E-state index contributed by atoms with van der Waals surface area (Å²) in [5.74, 6) is -2.87. The Hall–Kier alpha value is -1.50. The lowest BCUT2D eigenvalue weighted by Crippen LogP contribution is -2.57. The Morgan fingerprint density at radius 3 is 2.12 bits per heavy atom. The zero-order chi connectivity index (χ0) is 20.3. The second-order valence-corrected chi connectivity index (χ2v) is 6.79. The smallest absolute Gasteiger partial charge is 0.327 e. The van der Waals surface area contributed by atoms with E-state index in [0.29, 0.717) is 12.2 Å². The average molecular weight is 411 g/mol. The number of thioether (sulfide) groups is 1. The summed E-state index contributed by atoms with van der Waals surface area (Å²) in [5, 5.41) is 25.0. The number of aliphatic carboxylic acids is 1. The van der Waals surface area contributed by atoms with Crippen molar-refractivity contribution >= 4 is 48.1 Å². The average Bonchev–Trinajstić information content (AvgIpc) is 2.60. The lowest BCUT2D eigenvalue weighted by Gasteiger charge is -2.22. The lowest BCUT2D eigenvalue weighted by atomic mass is 10.2. The molecule has 0 saturated heterocycles. The maximum absolute atomic E-state index is 12.1. The van der Waals surface area contributed by atoms with Gasteiger partial charge in [-0.25, -0.2) is 4.79 Å². The molecule has 0 rings (SSSR count). The van der Waals surface area contributed by atoms with Crippen LogP contribution in [0.2, 0.25) is 0 Å². The normalized spacial score (nSPS) is 15.3. The summed E-state index contributed by atoms with van der Waals surface area (Å²) in [4.78, 5) is 46.8. The Labute approximate surface area is 161 Å². The molecule has 0 fully saturated rings. The number of nitrogens with two attached hydrogens (primary N) is 1. The van der Waals surface area contributed by atoms with Gasteiger partial charge in [-0.05, 0) is 25.4 Å². The number of hydrogen-bond donors (Lipinski definition) is 7. The fraction of sp³-hybridized carbons (Fsp3) is 0.714. The van der Waals surface area contributed by atoms with Gasteiger partial charge in [-0.1, -0.05) is 0 Å². The summed E-state index contributed by atoms with van der Waals surface area (Å²) in [5.41, 5.74) is 5.70. The van der Waals surface area contributed by atoms with Crippen molar-refractivity contribution in [2.75, 3.05) is 24.4 Å². The summed E-state index contributed by atoms with van der Waals surface area (Å²) in [7, 11) is 0. The number of carboxylic acids is 1. The van der Waals surface area contributed by atoms with Gasteiger partial charge in [0.1, 0.15) is 18.1 Å². The molecule has 150 valence electrons. The van der Waals surface area contributed by atoms with Crippen LogP contribution in [0.4, 0.5) is 0 Å². The van der Waals surface area contributed by atoms with Gasteiger partial charge in [-0.2, -0.15) is 24.4 Å². The highest BCUT2D eigenvalue weighted by atomic mass is 32.2. The van der Waals surface area contributed by atoms with E-state index < -0.39 is 54.5 Å². The zero-order valence-corrected chi connectivity index (χ0v) is 16.3. The number of hydrogen-bond acceptors (Lipinski definition) is 8. The number of rotatable bonds is 12. The fourth-order valence-corrected chi connectivity index (χ4v) is 2.45. The van der Waals surface area contributed by atoms with Crippen molar-refractivity contribution in [3.05, 3.63) is 0 Å². The largest absolute Gasteiger partial charge is 0.480 e. The van der Waals surface area contributed by atoms with E-state index in [-0.39, 0.29) is 5.75 Å². The van der Waals surface area contributed by atoms with Gasteiger partial charge >= 0.3 is 5.97 Å². The minimum atomic E-state index is -1.37. The van der Waals surface area contributed by atoms with E-state index in [4.69, 9.17) is 10.8 Å². The molecule has 26 heavy (non-hydrogen) atoms. The van der Waals surface area contributed by atoms with E-state index in [1.807, 2.05) is 6.26 Å². The Morgan fingerprint density at radius 2 is 1.65 bits per heavy atom. The molecule has 0 bridgehead atoms. The molecule has 0 spiro atoms. The molecule has 3 amide bonds.